The number of rotatable bonds is 7. The maximum Gasteiger partial charge on any atom is 0.417 e. The van der Waals surface area contributed by atoms with Gasteiger partial charge in [-0.15, -0.1) is 0 Å². The van der Waals surface area contributed by atoms with Gasteiger partial charge in [-0.25, -0.2) is 4.98 Å². The molecule has 0 bridgehead atoms. The first kappa shape index (κ1) is 16.9. The molecule has 1 N–H and O–H groups in total. The predicted octanol–water partition coefficient (Wildman–Crippen LogP) is 4.04. The topological polar surface area (TPSA) is 51.6 Å². The van der Waals surface area contributed by atoms with E-state index in [0.717, 1.165) is 18.7 Å². The third-order valence-electron chi connectivity index (χ3n) is 2.96. The van der Waals surface area contributed by atoms with Crippen LogP contribution in [0.15, 0.2) is 42.6 Å². The molecule has 0 atom stereocenters. The highest BCUT2D eigenvalue weighted by Gasteiger charge is 2.30. The van der Waals surface area contributed by atoms with E-state index in [-0.39, 0.29) is 11.6 Å². The zero-order chi connectivity index (χ0) is 16.7. The van der Waals surface area contributed by atoms with Gasteiger partial charge < -0.3 is 14.6 Å². The zero-order valence-electron chi connectivity index (χ0n) is 12.2. The molecule has 4 nitrogen and oxygen atoms in total. The fourth-order valence-corrected chi connectivity index (χ4v) is 1.75. The van der Waals surface area contributed by atoms with E-state index in [9.17, 15) is 13.2 Å². The highest BCUT2D eigenvalue weighted by Crippen LogP contribution is 2.29. The molecule has 0 radical (unpaired) electrons. The summed E-state index contributed by atoms with van der Waals surface area (Å²) in [6.45, 7) is 0.825. The molecule has 2 aromatic rings. The van der Waals surface area contributed by atoms with Gasteiger partial charge in [0.25, 0.3) is 0 Å². The Morgan fingerprint density at radius 3 is 2.13 bits per heavy atom. The summed E-state index contributed by atoms with van der Waals surface area (Å²) in [6, 6.07) is 8.55. The van der Waals surface area contributed by atoms with E-state index < -0.39 is 11.7 Å². The number of hydrogen-bond acceptors (Lipinski definition) is 4. The molecule has 0 aliphatic heterocycles. The number of halogens is 3. The fourth-order valence-electron chi connectivity index (χ4n) is 1.75. The Balaban J connectivity index is 1.63. The van der Waals surface area contributed by atoms with E-state index in [1.54, 1.807) is 12.1 Å². The highest BCUT2D eigenvalue weighted by molar-refractivity contribution is 5.30. The molecule has 23 heavy (non-hydrogen) atoms. The minimum Gasteiger partial charge on any atom is -0.508 e. The van der Waals surface area contributed by atoms with Crippen LogP contribution in [0.2, 0.25) is 0 Å². The van der Waals surface area contributed by atoms with Gasteiger partial charge in [-0.3, -0.25) is 0 Å². The monoisotopic (exact) mass is 327 g/mol. The second-order valence-corrected chi connectivity index (χ2v) is 4.78. The third kappa shape index (κ3) is 5.69. The number of ether oxygens (including phenoxy) is 2. The maximum absolute atomic E-state index is 12.4. The molecule has 0 fully saturated rings. The number of phenolic OH excluding ortho intramolecular Hbond substituents is 1. The maximum atomic E-state index is 12.4. The van der Waals surface area contributed by atoms with Crippen molar-refractivity contribution < 1.29 is 27.8 Å². The van der Waals surface area contributed by atoms with Crippen molar-refractivity contribution in [1.29, 1.82) is 0 Å². The summed E-state index contributed by atoms with van der Waals surface area (Å²) in [4.78, 5) is 3.62. The Kier molecular flexibility index (Phi) is 5.67. The van der Waals surface area contributed by atoms with Crippen molar-refractivity contribution in [2.24, 2.45) is 0 Å². The van der Waals surface area contributed by atoms with Crippen molar-refractivity contribution in [2.45, 2.75) is 19.0 Å². The van der Waals surface area contributed by atoms with Gasteiger partial charge >= 0.3 is 6.18 Å². The summed E-state index contributed by atoms with van der Waals surface area (Å²) >= 11 is 0. The van der Waals surface area contributed by atoms with E-state index in [2.05, 4.69) is 4.98 Å². The Morgan fingerprint density at radius 2 is 1.57 bits per heavy atom. The number of aromatic hydroxyl groups is 1. The SMILES string of the molecule is Oc1ccc(OCCCCOc2ccc(C(F)(F)F)cn2)cc1. The smallest absolute Gasteiger partial charge is 0.417 e. The molecule has 0 aliphatic rings. The molecule has 0 unspecified atom stereocenters. The molecule has 0 spiro atoms. The van der Waals surface area contributed by atoms with Crippen molar-refractivity contribution in [3.63, 3.8) is 0 Å². The molecule has 1 heterocycles. The highest BCUT2D eigenvalue weighted by atomic mass is 19.4. The van der Waals surface area contributed by atoms with Gasteiger partial charge in [0.15, 0.2) is 0 Å². The number of nitrogens with zero attached hydrogens (tertiary/aromatic N) is 1. The Morgan fingerprint density at radius 1 is 0.913 bits per heavy atom. The second kappa shape index (κ2) is 7.71. The molecule has 2 rings (SSSR count). The first-order valence-electron chi connectivity index (χ1n) is 7.03. The number of phenols is 1. The van der Waals surface area contributed by atoms with Gasteiger partial charge in [-0.2, -0.15) is 13.2 Å². The quantitative estimate of drug-likeness (QED) is 0.780. The molecule has 1 aromatic carbocycles. The Bertz CT molecular complexity index is 597. The van der Waals surface area contributed by atoms with Crippen LogP contribution >= 0.6 is 0 Å². The van der Waals surface area contributed by atoms with E-state index in [1.165, 1.54) is 18.2 Å². The van der Waals surface area contributed by atoms with Crippen LogP contribution in [0, 0.1) is 0 Å². The van der Waals surface area contributed by atoms with Crippen LogP contribution in [0.4, 0.5) is 13.2 Å². The minimum atomic E-state index is -4.39. The minimum absolute atomic E-state index is 0.164. The average Bonchev–Trinajstić information content (AvgIpc) is 2.52. The normalized spacial score (nSPS) is 11.3. The van der Waals surface area contributed by atoms with Gasteiger partial charge in [0.05, 0.1) is 18.8 Å². The molecular weight excluding hydrogens is 311 g/mol. The van der Waals surface area contributed by atoms with Crippen molar-refractivity contribution >= 4 is 0 Å². The van der Waals surface area contributed by atoms with Crippen molar-refractivity contribution in [3.05, 3.63) is 48.2 Å². The third-order valence-corrected chi connectivity index (χ3v) is 2.96. The van der Waals surface area contributed by atoms with Crippen LogP contribution in [-0.4, -0.2) is 23.3 Å². The van der Waals surface area contributed by atoms with Crippen LogP contribution in [0.5, 0.6) is 17.4 Å². The molecule has 124 valence electrons. The molecule has 1 aromatic heterocycles. The average molecular weight is 327 g/mol. The number of aromatic nitrogens is 1. The Labute approximate surface area is 131 Å². The number of pyridine rings is 1. The van der Waals surface area contributed by atoms with Crippen LogP contribution in [0.1, 0.15) is 18.4 Å². The van der Waals surface area contributed by atoms with Gasteiger partial charge in [0.1, 0.15) is 11.5 Å². The Hall–Kier alpha value is -2.44. The molecule has 7 heteroatoms. The second-order valence-electron chi connectivity index (χ2n) is 4.78. The van der Waals surface area contributed by atoms with E-state index in [0.29, 0.717) is 25.4 Å². The van der Waals surface area contributed by atoms with Crippen molar-refractivity contribution in [3.8, 4) is 17.4 Å². The lowest BCUT2D eigenvalue weighted by Gasteiger charge is -2.09. The molecule has 0 amide bonds. The lowest BCUT2D eigenvalue weighted by molar-refractivity contribution is -0.137. The summed E-state index contributed by atoms with van der Waals surface area (Å²) in [5.74, 6) is 1.00. The molecular formula is C16H16F3NO3. The van der Waals surface area contributed by atoms with E-state index >= 15 is 0 Å². The molecule has 0 aliphatic carbocycles. The van der Waals surface area contributed by atoms with E-state index in [1.807, 2.05) is 0 Å². The first-order chi connectivity index (χ1) is 10.9. The van der Waals surface area contributed by atoms with E-state index in [4.69, 9.17) is 14.6 Å². The summed E-state index contributed by atoms with van der Waals surface area (Å²) in [6.07, 6.45) is -2.23. The van der Waals surface area contributed by atoms with Crippen LogP contribution in [0.3, 0.4) is 0 Å². The van der Waals surface area contributed by atoms with Gasteiger partial charge in [0, 0.05) is 12.3 Å². The molecule has 0 saturated heterocycles. The summed E-state index contributed by atoms with van der Waals surface area (Å²) in [5.41, 5.74) is -0.799. The number of unbranched alkanes of at least 4 members (excludes halogenated alkanes) is 1. The summed E-state index contributed by atoms with van der Waals surface area (Å²) < 4.78 is 47.8. The van der Waals surface area contributed by atoms with Gasteiger partial charge in [0.2, 0.25) is 5.88 Å². The lowest BCUT2D eigenvalue weighted by Crippen LogP contribution is -2.06. The first-order valence-corrected chi connectivity index (χ1v) is 7.03. The van der Waals surface area contributed by atoms with Crippen LogP contribution in [-0.2, 0) is 6.18 Å². The summed E-state index contributed by atoms with van der Waals surface area (Å²) in [5, 5.41) is 9.13. The fraction of sp³-hybridized carbons (Fsp3) is 0.312. The van der Waals surface area contributed by atoms with Crippen molar-refractivity contribution in [1.82, 2.24) is 4.98 Å². The predicted molar refractivity (Wildman–Crippen MR) is 77.6 cm³/mol. The number of alkyl halides is 3. The number of hydrogen-bond donors (Lipinski definition) is 1. The molecule has 0 saturated carbocycles. The largest absolute Gasteiger partial charge is 0.508 e. The van der Waals surface area contributed by atoms with Gasteiger partial charge in [-0.05, 0) is 43.2 Å². The lowest BCUT2D eigenvalue weighted by atomic mass is 10.3. The summed E-state index contributed by atoms with van der Waals surface area (Å²) in [7, 11) is 0. The van der Waals surface area contributed by atoms with Crippen LogP contribution in [0.25, 0.3) is 0 Å². The van der Waals surface area contributed by atoms with Crippen LogP contribution < -0.4 is 9.47 Å². The standard InChI is InChI=1S/C16H16F3NO3/c17-16(18,19)12-3-8-15(20-11-12)23-10-2-1-9-22-14-6-4-13(21)5-7-14/h3-8,11,21H,1-2,9-10H2. The van der Waals surface area contributed by atoms with Gasteiger partial charge in [-0.1, -0.05) is 0 Å². The number of benzene rings is 1. The zero-order valence-corrected chi connectivity index (χ0v) is 12.2. The van der Waals surface area contributed by atoms with Crippen molar-refractivity contribution in [2.75, 3.05) is 13.2 Å².